The second kappa shape index (κ2) is 5.69. The fourth-order valence-electron chi connectivity index (χ4n) is 2.40. The lowest BCUT2D eigenvalue weighted by molar-refractivity contribution is -0.117. The third-order valence-electron chi connectivity index (χ3n) is 3.55. The van der Waals surface area contributed by atoms with Crippen molar-refractivity contribution < 1.29 is 13.2 Å². The molecule has 1 aliphatic rings. The minimum absolute atomic E-state index is 0.0768. The summed E-state index contributed by atoms with van der Waals surface area (Å²) in [6.07, 6.45) is 3.00. The number of anilines is 1. The number of rotatable bonds is 4. The summed E-state index contributed by atoms with van der Waals surface area (Å²) in [6.45, 7) is 0.667. The second-order valence-electron chi connectivity index (χ2n) is 5.07. The van der Waals surface area contributed by atoms with Gasteiger partial charge in [-0.15, -0.1) is 0 Å². The van der Waals surface area contributed by atoms with Crippen LogP contribution in [0.2, 0.25) is 0 Å². The number of aromatic nitrogens is 3. The molecule has 0 bridgehead atoms. The summed E-state index contributed by atoms with van der Waals surface area (Å²) < 4.78 is 24.4. The molecule has 0 aliphatic carbocycles. The van der Waals surface area contributed by atoms with Gasteiger partial charge in [-0.25, -0.2) is 18.1 Å². The fraction of sp³-hybridized carbons (Fsp3) is 0.308. The highest BCUT2D eigenvalue weighted by atomic mass is 35.7. The molecular formula is C13H13ClN4O3S. The van der Waals surface area contributed by atoms with E-state index in [9.17, 15) is 13.2 Å². The Morgan fingerprint density at radius 1 is 1.27 bits per heavy atom. The van der Waals surface area contributed by atoms with Gasteiger partial charge in [-0.3, -0.25) is 4.79 Å². The highest BCUT2D eigenvalue weighted by Crippen LogP contribution is 2.26. The summed E-state index contributed by atoms with van der Waals surface area (Å²) in [7, 11) is 1.61. The molecule has 1 saturated heterocycles. The normalized spacial score (nSPS) is 18.9. The van der Waals surface area contributed by atoms with Crippen molar-refractivity contribution in [1.82, 2.24) is 14.8 Å². The molecule has 1 atom stereocenters. The van der Waals surface area contributed by atoms with Crippen LogP contribution in [0.1, 0.15) is 12.0 Å². The molecule has 3 rings (SSSR count). The van der Waals surface area contributed by atoms with Crippen molar-refractivity contribution in [2.75, 3.05) is 11.4 Å². The van der Waals surface area contributed by atoms with E-state index in [2.05, 4.69) is 10.1 Å². The Bertz CT molecular complexity index is 774. The van der Waals surface area contributed by atoms with Gasteiger partial charge in [0.2, 0.25) is 15.0 Å². The van der Waals surface area contributed by atoms with Gasteiger partial charge in [-0.1, -0.05) is 12.1 Å². The number of hydrogen-bond donors (Lipinski definition) is 0. The minimum atomic E-state index is -3.73. The molecule has 1 fully saturated rings. The maximum atomic E-state index is 12.0. The van der Waals surface area contributed by atoms with E-state index < -0.39 is 14.3 Å². The maximum absolute atomic E-state index is 12.0. The lowest BCUT2D eigenvalue weighted by Gasteiger charge is -2.16. The van der Waals surface area contributed by atoms with Crippen LogP contribution in [0.5, 0.6) is 0 Å². The topological polar surface area (TPSA) is 85.2 Å². The van der Waals surface area contributed by atoms with Gasteiger partial charge in [0.1, 0.15) is 17.9 Å². The zero-order chi connectivity index (χ0) is 15.7. The van der Waals surface area contributed by atoms with Crippen LogP contribution >= 0.6 is 10.7 Å². The lowest BCUT2D eigenvalue weighted by Crippen LogP contribution is -2.26. The van der Waals surface area contributed by atoms with E-state index in [1.165, 1.54) is 11.2 Å². The van der Waals surface area contributed by atoms with Crippen LogP contribution in [-0.4, -0.2) is 40.9 Å². The predicted molar refractivity (Wildman–Crippen MR) is 81.1 cm³/mol. The Kier molecular flexibility index (Phi) is 3.88. The molecule has 1 aromatic heterocycles. The largest absolute Gasteiger partial charge is 0.311 e. The number of halogens is 1. The first kappa shape index (κ1) is 15.0. The second-order valence-corrected chi connectivity index (χ2v) is 7.97. The van der Waals surface area contributed by atoms with E-state index in [0.717, 1.165) is 5.56 Å². The number of carbonyl (C=O) groups is 1. The Morgan fingerprint density at radius 2 is 2.00 bits per heavy atom. The average Bonchev–Trinajstić information content (AvgIpc) is 3.09. The molecule has 1 aromatic carbocycles. The highest BCUT2D eigenvalue weighted by Gasteiger charge is 2.37. The van der Waals surface area contributed by atoms with Gasteiger partial charge in [0.05, 0.1) is 6.54 Å². The zero-order valence-corrected chi connectivity index (χ0v) is 13.0. The van der Waals surface area contributed by atoms with Crippen LogP contribution in [0.25, 0.3) is 0 Å². The van der Waals surface area contributed by atoms with Gasteiger partial charge in [-0.05, 0) is 17.7 Å². The van der Waals surface area contributed by atoms with Crippen molar-refractivity contribution in [3.8, 4) is 0 Å². The van der Waals surface area contributed by atoms with Crippen LogP contribution < -0.4 is 4.90 Å². The Hall–Kier alpha value is -1.93. The number of benzene rings is 1. The fourth-order valence-corrected chi connectivity index (χ4v) is 3.42. The van der Waals surface area contributed by atoms with Gasteiger partial charge >= 0.3 is 0 Å². The standard InChI is InChI=1S/C13H13ClN4O3S/c14-22(20,21)12-5-13(19)18(7-12)11-3-1-10(2-4-11)6-17-9-15-8-16-17/h1-4,8-9,12H,5-7H2. The van der Waals surface area contributed by atoms with E-state index >= 15 is 0 Å². The maximum Gasteiger partial charge on any atom is 0.237 e. The first-order valence-electron chi connectivity index (χ1n) is 6.58. The van der Waals surface area contributed by atoms with Crippen molar-refractivity contribution in [3.63, 3.8) is 0 Å². The number of amides is 1. The van der Waals surface area contributed by atoms with Crippen molar-refractivity contribution in [1.29, 1.82) is 0 Å². The van der Waals surface area contributed by atoms with Crippen LogP contribution in [-0.2, 0) is 20.4 Å². The van der Waals surface area contributed by atoms with Gasteiger partial charge in [0.25, 0.3) is 0 Å². The van der Waals surface area contributed by atoms with Gasteiger partial charge in [-0.2, -0.15) is 5.10 Å². The summed E-state index contributed by atoms with van der Waals surface area (Å²) in [5, 5.41) is 3.17. The minimum Gasteiger partial charge on any atom is -0.311 e. The van der Waals surface area contributed by atoms with Crippen LogP contribution in [0.15, 0.2) is 36.9 Å². The number of carbonyl (C=O) groups excluding carboxylic acids is 1. The van der Waals surface area contributed by atoms with E-state index in [-0.39, 0.29) is 18.9 Å². The molecule has 7 nitrogen and oxygen atoms in total. The molecule has 1 aliphatic heterocycles. The van der Waals surface area contributed by atoms with Crippen molar-refractivity contribution in [3.05, 3.63) is 42.5 Å². The molecule has 22 heavy (non-hydrogen) atoms. The Labute approximate surface area is 131 Å². The molecular weight excluding hydrogens is 328 g/mol. The quantitative estimate of drug-likeness (QED) is 0.775. The van der Waals surface area contributed by atoms with Crippen molar-refractivity contribution in [2.45, 2.75) is 18.2 Å². The Morgan fingerprint density at radius 3 is 2.55 bits per heavy atom. The van der Waals surface area contributed by atoms with Crippen molar-refractivity contribution in [2.24, 2.45) is 0 Å². The van der Waals surface area contributed by atoms with E-state index in [0.29, 0.717) is 12.2 Å². The molecule has 116 valence electrons. The van der Waals surface area contributed by atoms with Gasteiger partial charge in [0.15, 0.2) is 0 Å². The molecule has 2 heterocycles. The summed E-state index contributed by atoms with van der Waals surface area (Å²) in [4.78, 5) is 17.3. The smallest absolute Gasteiger partial charge is 0.237 e. The van der Waals surface area contributed by atoms with E-state index in [1.54, 1.807) is 23.1 Å². The third-order valence-corrected chi connectivity index (χ3v) is 5.41. The van der Waals surface area contributed by atoms with Gasteiger partial charge in [0, 0.05) is 29.3 Å². The molecule has 0 radical (unpaired) electrons. The third kappa shape index (κ3) is 3.12. The number of nitrogens with zero attached hydrogens (tertiary/aromatic N) is 4. The highest BCUT2D eigenvalue weighted by molar-refractivity contribution is 8.14. The molecule has 2 aromatic rings. The summed E-state index contributed by atoms with van der Waals surface area (Å²) in [6, 6.07) is 7.31. The predicted octanol–water partition coefficient (Wildman–Crippen LogP) is 1.00. The molecule has 0 saturated carbocycles. The summed E-state index contributed by atoms with van der Waals surface area (Å²) >= 11 is 0. The Balaban J connectivity index is 1.74. The average molecular weight is 341 g/mol. The van der Waals surface area contributed by atoms with E-state index in [4.69, 9.17) is 10.7 Å². The lowest BCUT2D eigenvalue weighted by atomic mass is 10.2. The first-order valence-corrected chi connectivity index (χ1v) is 8.96. The molecule has 1 unspecified atom stereocenters. The molecule has 0 spiro atoms. The number of hydrogen-bond acceptors (Lipinski definition) is 5. The van der Waals surface area contributed by atoms with Crippen LogP contribution in [0.3, 0.4) is 0 Å². The molecule has 9 heteroatoms. The molecule has 1 amide bonds. The zero-order valence-electron chi connectivity index (χ0n) is 11.5. The summed E-state index contributed by atoms with van der Waals surface area (Å²) in [5.41, 5.74) is 1.66. The van der Waals surface area contributed by atoms with Crippen LogP contribution in [0.4, 0.5) is 5.69 Å². The van der Waals surface area contributed by atoms with E-state index in [1.807, 2.05) is 12.1 Å². The SMILES string of the molecule is O=C1CC(S(=O)(=O)Cl)CN1c1ccc(Cn2cncn2)cc1. The first-order chi connectivity index (χ1) is 10.4. The van der Waals surface area contributed by atoms with Crippen LogP contribution in [0, 0.1) is 0 Å². The van der Waals surface area contributed by atoms with Gasteiger partial charge < -0.3 is 4.90 Å². The monoisotopic (exact) mass is 340 g/mol. The van der Waals surface area contributed by atoms with Crippen molar-refractivity contribution >= 4 is 31.3 Å². The molecule has 0 N–H and O–H groups in total. The summed E-state index contributed by atoms with van der Waals surface area (Å²) in [5.74, 6) is -0.238.